The quantitative estimate of drug-likeness (QED) is 0.562. The van der Waals surface area contributed by atoms with Crippen LogP contribution in [0, 0.1) is 0 Å². The maximum absolute atomic E-state index is 11.9. The van der Waals surface area contributed by atoms with Crippen molar-refractivity contribution >= 4 is 19.4 Å². The normalized spacial score (nSPS) is 20.5. The van der Waals surface area contributed by atoms with E-state index in [4.69, 9.17) is 4.74 Å². The number of hydrogen-bond donors (Lipinski definition) is 0. The maximum Gasteiger partial charge on any atom is 0.293 e. The highest BCUT2D eigenvalue weighted by Crippen LogP contribution is 2.24. The van der Waals surface area contributed by atoms with Gasteiger partial charge in [-0.1, -0.05) is 6.07 Å². The summed E-state index contributed by atoms with van der Waals surface area (Å²) in [6.45, 7) is 1.14. The van der Waals surface area contributed by atoms with Crippen LogP contribution < -0.4 is 4.74 Å². The molecule has 0 aliphatic carbocycles. The molecule has 0 bridgehead atoms. The number of methoxy groups -OCH3 is 1. The second-order valence-electron chi connectivity index (χ2n) is 4.18. The summed E-state index contributed by atoms with van der Waals surface area (Å²) in [4.78, 5) is 28.4. The molecule has 2 heterocycles. The Labute approximate surface area is 106 Å². The van der Waals surface area contributed by atoms with E-state index in [1.54, 1.807) is 19.4 Å². The van der Waals surface area contributed by atoms with Crippen LogP contribution in [0.25, 0.3) is 0 Å². The first-order chi connectivity index (χ1) is 8.74. The summed E-state index contributed by atoms with van der Waals surface area (Å²) in [5, 5.41) is 0. The standard InChI is InChI=1S/C12H14BN2O3/c1-18-12-3-2-9(6-14-12)10-7-15(13-8-16)5-4-11(10)17/h2-3,6,8,10H,4-5,7H2,1H3. The molecule has 1 aromatic heterocycles. The summed E-state index contributed by atoms with van der Waals surface area (Å²) < 4.78 is 4.98. The number of ketones is 1. The largest absolute Gasteiger partial charge is 0.481 e. The number of aromatic nitrogens is 1. The van der Waals surface area contributed by atoms with E-state index in [1.165, 1.54) is 7.41 Å². The molecule has 1 aliphatic heterocycles. The van der Waals surface area contributed by atoms with E-state index in [0.717, 1.165) is 11.7 Å². The lowest BCUT2D eigenvalue weighted by Gasteiger charge is -2.30. The molecule has 5 nitrogen and oxygen atoms in total. The molecule has 1 saturated heterocycles. The molecule has 93 valence electrons. The summed E-state index contributed by atoms with van der Waals surface area (Å²) in [5.41, 5.74) is 0.866. The minimum atomic E-state index is -0.214. The smallest absolute Gasteiger partial charge is 0.293 e. The summed E-state index contributed by atoms with van der Waals surface area (Å²) in [5.74, 6) is 0.504. The lowest BCUT2D eigenvalue weighted by molar-refractivity contribution is -0.122. The van der Waals surface area contributed by atoms with Crippen molar-refractivity contribution in [3.05, 3.63) is 23.9 Å². The third kappa shape index (κ3) is 2.76. The van der Waals surface area contributed by atoms with Gasteiger partial charge in [-0.15, -0.1) is 0 Å². The lowest BCUT2D eigenvalue weighted by atomic mass is 9.84. The number of hydrogen-bond acceptors (Lipinski definition) is 5. The van der Waals surface area contributed by atoms with Gasteiger partial charge in [-0.2, -0.15) is 0 Å². The second kappa shape index (κ2) is 5.77. The van der Waals surface area contributed by atoms with Crippen molar-refractivity contribution in [2.24, 2.45) is 0 Å². The number of carbonyl (C=O) groups is 2. The van der Waals surface area contributed by atoms with Gasteiger partial charge in [-0.05, 0) is 12.1 Å². The number of carbonyl (C=O) groups excluding carboxylic acids is 2. The first-order valence-corrected chi connectivity index (χ1v) is 5.80. The number of rotatable bonds is 4. The van der Waals surface area contributed by atoms with Gasteiger partial charge in [0.2, 0.25) is 5.88 Å². The average Bonchev–Trinajstić information content (AvgIpc) is 2.41. The van der Waals surface area contributed by atoms with Crippen LogP contribution in [0.3, 0.4) is 0 Å². The third-order valence-electron chi connectivity index (χ3n) is 3.09. The zero-order chi connectivity index (χ0) is 13.0. The van der Waals surface area contributed by atoms with Crippen molar-refractivity contribution in [3.63, 3.8) is 0 Å². The van der Waals surface area contributed by atoms with Crippen LogP contribution in [-0.2, 0) is 9.59 Å². The van der Waals surface area contributed by atoms with Crippen molar-refractivity contribution in [1.29, 1.82) is 0 Å². The topological polar surface area (TPSA) is 59.5 Å². The molecule has 18 heavy (non-hydrogen) atoms. The van der Waals surface area contributed by atoms with Crippen LogP contribution in [0.2, 0.25) is 0 Å². The molecule has 0 spiro atoms. The number of piperidine rings is 1. The molecule has 0 N–H and O–H groups in total. The van der Waals surface area contributed by atoms with Crippen molar-refractivity contribution in [2.45, 2.75) is 12.3 Å². The number of Topliss-reactive ketones (excluding diaryl/α,β-unsaturated/α-hetero) is 1. The Morgan fingerprint density at radius 1 is 1.56 bits per heavy atom. The van der Waals surface area contributed by atoms with Gasteiger partial charge in [0.05, 0.1) is 19.2 Å². The number of pyridine rings is 1. The van der Waals surface area contributed by atoms with E-state index in [0.29, 0.717) is 25.4 Å². The molecule has 1 radical (unpaired) electrons. The highest BCUT2D eigenvalue weighted by atomic mass is 16.5. The van der Waals surface area contributed by atoms with Crippen LogP contribution in [0.15, 0.2) is 18.3 Å². The molecule has 1 atom stereocenters. The van der Waals surface area contributed by atoms with Crippen molar-refractivity contribution in [3.8, 4) is 5.88 Å². The predicted octanol–water partition coefficient (Wildman–Crippen LogP) is 0.258. The van der Waals surface area contributed by atoms with Gasteiger partial charge in [0.25, 0.3) is 7.41 Å². The van der Waals surface area contributed by atoms with Gasteiger partial charge in [-0.25, -0.2) is 4.98 Å². The molecule has 1 fully saturated rings. The first-order valence-electron chi connectivity index (χ1n) is 5.80. The molecule has 1 unspecified atom stereocenters. The SMILES string of the molecule is COc1ccc(C2CN([B]C=O)CCC2=O)cn1. The summed E-state index contributed by atoms with van der Waals surface area (Å²) >= 11 is 0. The molecule has 2 rings (SSSR count). The molecule has 0 aromatic carbocycles. The van der Waals surface area contributed by atoms with Crippen LogP contribution in [0.4, 0.5) is 0 Å². The Morgan fingerprint density at radius 3 is 3.00 bits per heavy atom. The second-order valence-corrected chi connectivity index (χ2v) is 4.18. The van der Waals surface area contributed by atoms with E-state index in [-0.39, 0.29) is 11.7 Å². The zero-order valence-electron chi connectivity index (χ0n) is 10.2. The fraction of sp³-hybridized carbons (Fsp3) is 0.417. The molecule has 0 amide bonds. The summed E-state index contributed by atoms with van der Waals surface area (Å²) in [6, 6.07) is 3.59. The highest BCUT2D eigenvalue weighted by molar-refractivity contribution is 6.64. The van der Waals surface area contributed by atoms with E-state index >= 15 is 0 Å². The molecular weight excluding hydrogens is 231 g/mol. The van der Waals surface area contributed by atoms with Gasteiger partial charge in [0.15, 0.2) is 0 Å². The Kier molecular flexibility index (Phi) is 4.09. The average molecular weight is 245 g/mol. The molecular formula is C12H14BN2O3. The zero-order valence-corrected chi connectivity index (χ0v) is 10.2. The van der Waals surface area contributed by atoms with Gasteiger partial charge in [0, 0.05) is 25.2 Å². The van der Waals surface area contributed by atoms with Crippen molar-refractivity contribution in [2.75, 3.05) is 20.2 Å². The predicted molar refractivity (Wildman–Crippen MR) is 67.2 cm³/mol. The van der Waals surface area contributed by atoms with Gasteiger partial charge in [-0.3, -0.25) is 4.79 Å². The van der Waals surface area contributed by atoms with Gasteiger partial charge in [0.1, 0.15) is 5.78 Å². The number of nitrogens with zero attached hydrogens (tertiary/aromatic N) is 2. The molecule has 0 saturated carbocycles. The number of ether oxygens (including phenoxy) is 1. The molecule has 6 heteroatoms. The van der Waals surface area contributed by atoms with Crippen molar-refractivity contribution < 1.29 is 14.3 Å². The Balaban J connectivity index is 2.13. The summed E-state index contributed by atoms with van der Waals surface area (Å²) in [7, 11) is 3.03. The van der Waals surface area contributed by atoms with Crippen LogP contribution in [-0.4, -0.2) is 49.4 Å². The van der Waals surface area contributed by atoms with Crippen LogP contribution in [0.5, 0.6) is 5.88 Å². The Morgan fingerprint density at radius 2 is 2.39 bits per heavy atom. The highest BCUT2D eigenvalue weighted by Gasteiger charge is 2.28. The third-order valence-corrected chi connectivity index (χ3v) is 3.09. The fourth-order valence-electron chi connectivity index (χ4n) is 2.09. The lowest BCUT2D eigenvalue weighted by Crippen LogP contribution is -2.42. The van der Waals surface area contributed by atoms with Crippen LogP contribution >= 0.6 is 0 Å². The van der Waals surface area contributed by atoms with E-state index < -0.39 is 0 Å². The monoisotopic (exact) mass is 245 g/mol. The fourth-order valence-corrected chi connectivity index (χ4v) is 2.09. The minimum absolute atomic E-state index is 0.192. The minimum Gasteiger partial charge on any atom is -0.481 e. The van der Waals surface area contributed by atoms with E-state index in [9.17, 15) is 9.59 Å². The van der Waals surface area contributed by atoms with E-state index in [2.05, 4.69) is 4.98 Å². The Bertz CT molecular complexity index is 435. The Hall–Kier alpha value is -1.69. The van der Waals surface area contributed by atoms with Gasteiger partial charge >= 0.3 is 0 Å². The van der Waals surface area contributed by atoms with Gasteiger partial charge < -0.3 is 14.3 Å². The van der Waals surface area contributed by atoms with E-state index in [1.807, 2.05) is 10.9 Å². The molecule has 1 aromatic rings. The molecule has 1 aliphatic rings. The van der Waals surface area contributed by atoms with Crippen molar-refractivity contribution in [1.82, 2.24) is 9.79 Å². The first kappa shape index (κ1) is 12.8. The summed E-state index contributed by atoms with van der Waals surface area (Å²) in [6.07, 6.45) is 2.87. The van der Waals surface area contributed by atoms with Crippen LogP contribution in [0.1, 0.15) is 17.9 Å². The maximum atomic E-state index is 11.9.